The minimum absolute atomic E-state index is 0.0471. The molecule has 0 spiro atoms. The molecular formula is C35H41N5O8. The van der Waals surface area contributed by atoms with E-state index < -0.39 is 29.6 Å². The van der Waals surface area contributed by atoms with Gasteiger partial charge in [0.1, 0.15) is 0 Å². The lowest BCUT2D eigenvalue weighted by molar-refractivity contribution is -0.154. The predicted octanol–water partition coefficient (Wildman–Crippen LogP) is 3.19. The molecule has 5 rings (SSSR count). The Morgan fingerprint density at radius 3 is 2.58 bits per heavy atom. The Bertz CT molecular complexity index is 1670. The third-order valence-electron chi connectivity index (χ3n) is 8.89. The first kappa shape index (κ1) is 34.5. The number of carbonyl (C=O) groups is 4. The van der Waals surface area contributed by atoms with E-state index in [4.69, 9.17) is 9.47 Å². The maximum absolute atomic E-state index is 14.0. The van der Waals surface area contributed by atoms with E-state index in [0.717, 1.165) is 5.56 Å². The monoisotopic (exact) mass is 659 g/mol. The van der Waals surface area contributed by atoms with Crippen molar-refractivity contribution in [2.75, 3.05) is 30.1 Å². The van der Waals surface area contributed by atoms with Crippen molar-refractivity contribution in [1.82, 2.24) is 15.0 Å². The summed E-state index contributed by atoms with van der Waals surface area (Å²) in [6, 6.07) is 14.6. The number of methoxy groups -OCH3 is 1. The van der Waals surface area contributed by atoms with Crippen LogP contribution in [0.3, 0.4) is 0 Å². The summed E-state index contributed by atoms with van der Waals surface area (Å²) in [5, 5.41) is 30.6. The Hall–Kier alpha value is -4.88. The van der Waals surface area contributed by atoms with Gasteiger partial charge in [-0.2, -0.15) is 0 Å². The van der Waals surface area contributed by atoms with Gasteiger partial charge < -0.3 is 24.6 Å². The molecule has 2 aromatic carbocycles. The number of hydrogen-bond donors (Lipinski definition) is 2. The molecule has 1 fully saturated rings. The molecule has 0 saturated carbocycles. The SMILES string of the molecule is COC(=O)CCCCN1C(=O)[C@](O)([C@H](C)/C=C/CCn2cc(C(CO)c3ccccc3)nn2)c2cc(N3C(=O)CC3OC(C)=O)ccc21. The average molecular weight is 660 g/mol. The number of allylic oxidation sites excluding steroid dienone is 1. The van der Waals surface area contributed by atoms with E-state index >= 15 is 0 Å². The number of carbonyl (C=O) groups excluding carboxylic acids is 4. The van der Waals surface area contributed by atoms with Crippen molar-refractivity contribution in [3.8, 4) is 0 Å². The molecule has 254 valence electrons. The Labute approximate surface area is 278 Å². The van der Waals surface area contributed by atoms with Crippen LogP contribution in [-0.2, 0) is 40.8 Å². The number of nitrogens with zero attached hydrogens (tertiary/aromatic N) is 5. The van der Waals surface area contributed by atoms with Gasteiger partial charge in [-0.25, -0.2) is 0 Å². The molecule has 13 heteroatoms. The number of ether oxygens (including phenoxy) is 2. The van der Waals surface area contributed by atoms with E-state index in [2.05, 4.69) is 10.3 Å². The highest BCUT2D eigenvalue weighted by Gasteiger charge is 2.53. The summed E-state index contributed by atoms with van der Waals surface area (Å²) in [4.78, 5) is 52.6. The maximum atomic E-state index is 14.0. The Morgan fingerprint density at radius 1 is 1.12 bits per heavy atom. The summed E-state index contributed by atoms with van der Waals surface area (Å²) >= 11 is 0. The van der Waals surface area contributed by atoms with Crippen LogP contribution in [0.4, 0.5) is 11.4 Å². The first-order valence-electron chi connectivity index (χ1n) is 16.1. The standard InChI is InChI=1S/C35H41N5O8/c1-23(11-7-9-17-38-21-29(36-37-38)27(22-41)25-12-5-4-6-13-25)35(46)28-19-26(40-31(43)20-32(40)48-24(2)42)15-16-30(28)39(34(35)45)18-10-8-14-33(44)47-3/h4-7,11-13,15-16,19,21,23,27,32,41,46H,8-10,14,17-18,20,22H2,1-3H3/b11-7+/t23-,27?,32?,35+/m1/s1. The average Bonchev–Trinajstić information content (AvgIpc) is 3.62. The number of rotatable bonds is 15. The van der Waals surface area contributed by atoms with Crippen LogP contribution in [0.2, 0.25) is 0 Å². The van der Waals surface area contributed by atoms with Crippen molar-refractivity contribution in [2.45, 2.75) is 70.2 Å². The molecule has 2 aliphatic heterocycles. The number of β-lactam (4-membered cyclic amide) rings is 1. The number of aromatic nitrogens is 3. The number of amides is 2. The van der Waals surface area contributed by atoms with Gasteiger partial charge in [0.15, 0.2) is 11.8 Å². The lowest BCUT2D eigenvalue weighted by Crippen LogP contribution is -2.55. The molecule has 2 N–H and O–H groups in total. The largest absolute Gasteiger partial charge is 0.469 e. The lowest BCUT2D eigenvalue weighted by atomic mass is 9.82. The number of anilines is 2. The molecule has 3 aromatic rings. The summed E-state index contributed by atoms with van der Waals surface area (Å²) in [6.07, 6.45) is 6.48. The molecule has 48 heavy (non-hydrogen) atoms. The Morgan fingerprint density at radius 2 is 1.90 bits per heavy atom. The van der Waals surface area contributed by atoms with E-state index in [9.17, 15) is 29.4 Å². The molecule has 0 radical (unpaired) electrons. The van der Waals surface area contributed by atoms with Crippen LogP contribution in [0, 0.1) is 5.92 Å². The second-order valence-corrected chi connectivity index (χ2v) is 12.0. The van der Waals surface area contributed by atoms with Crippen molar-refractivity contribution >= 4 is 35.1 Å². The van der Waals surface area contributed by atoms with Crippen LogP contribution in [0.1, 0.15) is 68.7 Å². The molecular weight excluding hydrogens is 618 g/mol. The third-order valence-corrected chi connectivity index (χ3v) is 8.89. The van der Waals surface area contributed by atoms with E-state index in [0.29, 0.717) is 48.4 Å². The van der Waals surface area contributed by atoms with Crippen molar-refractivity contribution in [3.05, 3.63) is 83.7 Å². The fraction of sp³-hybridized carbons (Fsp3) is 0.429. The molecule has 2 unspecified atom stereocenters. The van der Waals surface area contributed by atoms with Crippen LogP contribution in [0.25, 0.3) is 0 Å². The number of aryl methyl sites for hydroxylation is 1. The van der Waals surface area contributed by atoms with Crippen molar-refractivity contribution in [1.29, 1.82) is 0 Å². The highest BCUT2D eigenvalue weighted by atomic mass is 16.6. The van der Waals surface area contributed by atoms with E-state index in [1.54, 1.807) is 42.1 Å². The van der Waals surface area contributed by atoms with Gasteiger partial charge in [-0.15, -0.1) is 5.10 Å². The van der Waals surface area contributed by atoms with Gasteiger partial charge >= 0.3 is 11.9 Å². The van der Waals surface area contributed by atoms with Crippen molar-refractivity contribution in [2.24, 2.45) is 5.92 Å². The highest BCUT2D eigenvalue weighted by Crippen LogP contribution is 2.47. The molecule has 4 atom stereocenters. The third kappa shape index (κ3) is 7.02. The van der Waals surface area contributed by atoms with Crippen LogP contribution in [0.15, 0.2) is 66.9 Å². The summed E-state index contributed by atoms with van der Waals surface area (Å²) in [7, 11) is 1.33. The molecule has 2 amide bonds. The Balaban J connectivity index is 1.33. The number of unbranched alkanes of at least 4 members (excludes halogenated alkanes) is 1. The molecule has 0 bridgehead atoms. The molecule has 1 saturated heterocycles. The van der Waals surface area contributed by atoms with E-state index in [1.165, 1.54) is 23.8 Å². The van der Waals surface area contributed by atoms with Gasteiger partial charge in [-0.1, -0.05) is 54.6 Å². The van der Waals surface area contributed by atoms with Crippen LogP contribution >= 0.6 is 0 Å². The number of esters is 2. The topological polar surface area (TPSA) is 164 Å². The van der Waals surface area contributed by atoms with Gasteiger partial charge in [-0.3, -0.25) is 28.8 Å². The minimum Gasteiger partial charge on any atom is -0.469 e. The van der Waals surface area contributed by atoms with Crippen molar-refractivity contribution in [3.63, 3.8) is 0 Å². The number of aliphatic hydroxyl groups excluding tert-OH is 1. The Kier molecular flexibility index (Phi) is 10.7. The van der Waals surface area contributed by atoms with E-state index in [-0.39, 0.29) is 43.8 Å². The second kappa shape index (κ2) is 14.9. The van der Waals surface area contributed by atoms with Gasteiger partial charge in [-0.05, 0) is 43.0 Å². The number of benzene rings is 2. The quantitative estimate of drug-likeness (QED) is 0.107. The number of fused-ring (bicyclic) bond motifs is 1. The fourth-order valence-corrected chi connectivity index (χ4v) is 6.22. The zero-order chi connectivity index (χ0) is 34.4. The number of hydrogen-bond acceptors (Lipinski definition) is 10. The van der Waals surface area contributed by atoms with Gasteiger partial charge in [0.2, 0.25) is 5.91 Å². The van der Waals surface area contributed by atoms with Crippen molar-refractivity contribution < 1.29 is 38.9 Å². The molecule has 0 aliphatic carbocycles. The van der Waals surface area contributed by atoms with Crippen LogP contribution in [-0.4, -0.2) is 75.4 Å². The summed E-state index contributed by atoms with van der Waals surface area (Å²) in [5.41, 5.74) is 0.908. The smallest absolute Gasteiger partial charge is 0.305 e. The first-order chi connectivity index (χ1) is 23.1. The predicted molar refractivity (Wildman–Crippen MR) is 175 cm³/mol. The molecule has 2 aliphatic rings. The summed E-state index contributed by atoms with van der Waals surface area (Å²) < 4.78 is 11.7. The fourth-order valence-electron chi connectivity index (χ4n) is 6.22. The van der Waals surface area contributed by atoms with E-state index in [1.807, 2.05) is 36.4 Å². The summed E-state index contributed by atoms with van der Waals surface area (Å²) in [6.45, 7) is 3.67. The number of aliphatic hydroxyl groups is 2. The van der Waals surface area contributed by atoms with Crippen LogP contribution < -0.4 is 9.80 Å². The van der Waals surface area contributed by atoms with Crippen LogP contribution in [0.5, 0.6) is 0 Å². The van der Waals surface area contributed by atoms with Gasteiger partial charge in [0, 0.05) is 49.8 Å². The zero-order valence-corrected chi connectivity index (χ0v) is 27.3. The maximum Gasteiger partial charge on any atom is 0.305 e. The van der Waals surface area contributed by atoms with Gasteiger partial charge in [0.05, 0.1) is 37.4 Å². The molecule has 3 heterocycles. The van der Waals surface area contributed by atoms with Gasteiger partial charge in [0.25, 0.3) is 5.91 Å². The molecule has 13 nitrogen and oxygen atoms in total. The highest BCUT2D eigenvalue weighted by molar-refractivity contribution is 6.08. The lowest BCUT2D eigenvalue weighted by Gasteiger charge is -2.39. The summed E-state index contributed by atoms with van der Waals surface area (Å²) in [5.74, 6) is -2.56. The normalized spacial score (nSPS) is 20.1. The first-order valence-corrected chi connectivity index (χ1v) is 16.1. The zero-order valence-electron chi connectivity index (χ0n) is 27.3. The minimum atomic E-state index is -1.94. The second-order valence-electron chi connectivity index (χ2n) is 12.0. The molecule has 1 aromatic heterocycles.